The van der Waals surface area contributed by atoms with E-state index in [9.17, 15) is 4.79 Å². The van der Waals surface area contributed by atoms with Crippen molar-refractivity contribution in [2.75, 3.05) is 13.6 Å². The van der Waals surface area contributed by atoms with Crippen molar-refractivity contribution in [1.29, 1.82) is 0 Å². The lowest BCUT2D eigenvalue weighted by Crippen LogP contribution is -2.34. The normalized spacial score (nSPS) is 13.0. The van der Waals surface area contributed by atoms with Crippen LogP contribution in [0.3, 0.4) is 0 Å². The highest BCUT2D eigenvalue weighted by atomic mass is 16.4. The third-order valence-corrected chi connectivity index (χ3v) is 1.34. The van der Waals surface area contributed by atoms with Gasteiger partial charge in [-0.25, -0.2) is 0 Å². The van der Waals surface area contributed by atoms with Crippen molar-refractivity contribution in [3.05, 3.63) is 0 Å². The Morgan fingerprint density at radius 1 is 1.80 bits per heavy atom. The maximum absolute atomic E-state index is 10.3. The molecule has 60 valence electrons. The molecule has 0 radical (unpaired) electrons. The first-order valence-electron chi connectivity index (χ1n) is 3.32. The summed E-state index contributed by atoms with van der Waals surface area (Å²) in [7, 11) is 1.63. The van der Waals surface area contributed by atoms with Gasteiger partial charge in [0.2, 0.25) is 0 Å². The van der Waals surface area contributed by atoms with Crippen LogP contribution < -0.4 is 11.1 Å². The van der Waals surface area contributed by atoms with Gasteiger partial charge in [0.15, 0.2) is 0 Å². The van der Waals surface area contributed by atoms with Crippen molar-refractivity contribution in [3.8, 4) is 0 Å². The van der Waals surface area contributed by atoms with E-state index in [2.05, 4.69) is 5.32 Å². The third-order valence-electron chi connectivity index (χ3n) is 1.34. The smallest absolute Gasteiger partial charge is 0.320 e. The lowest BCUT2D eigenvalue weighted by atomic mass is 10.1. The van der Waals surface area contributed by atoms with Gasteiger partial charge < -0.3 is 16.2 Å². The lowest BCUT2D eigenvalue weighted by molar-refractivity contribution is -0.139. The summed E-state index contributed by atoms with van der Waals surface area (Å²) >= 11 is 0. The van der Waals surface area contributed by atoms with E-state index in [-0.39, 0.29) is 0 Å². The van der Waals surface area contributed by atoms with Gasteiger partial charge in [0.05, 0.1) is 0 Å². The number of carbonyl (C=O) groups is 1. The van der Waals surface area contributed by atoms with Crippen LogP contribution in [-0.4, -0.2) is 30.7 Å². The van der Waals surface area contributed by atoms with Gasteiger partial charge in [-0.05, 0) is 26.4 Å². The predicted octanol–water partition coefficient (Wildman–Crippen LogP) is -0.602. The molecule has 0 aliphatic heterocycles. The van der Waals surface area contributed by atoms with E-state index in [1.165, 1.54) is 0 Å². The average molecular weight is 146 g/mol. The minimum Gasteiger partial charge on any atom is -0.480 e. The maximum Gasteiger partial charge on any atom is 0.320 e. The maximum atomic E-state index is 10.3. The number of likely N-dealkylation sites (N-methyl/N-ethyl adjacent to an activating group) is 1. The first kappa shape index (κ1) is 9.39. The molecule has 1 atom stereocenters. The highest BCUT2D eigenvalue weighted by molar-refractivity contribution is 5.73. The quantitative estimate of drug-likeness (QED) is 0.484. The minimum atomic E-state index is -0.809. The number of nitrogens with one attached hydrogen (secondary N) is 1. The first-order valence-corrected chi connectivity index (χ1v) is 3.32. The van der Waals surface area contributed by atoms with Gasteiger partial charge in [-0.2, -0.15) is 0 Å². The fourth-order valence-electron chi connectivity index (χ4n) is 0.713. The topological polar surface area (TPSA) is 75.3 Å². The molecule has 4 N–H and O–H groups in total. The number of rotatable bonds is 5. The molecule has 0 heterocycles. The van der Waals surface area contributed by atoms with Crippen LogP contribution in [0, 0.1) is 0 Å². The second kappa shape index (κ2) is 5.20. The van der Waals surface area contributed by atoms with E-state index in [4.69, 9.17) is 10.8 Å². The van der Waals surface area contributed by atoms with Crippen LogP contribution in [0.15, 0.2) is 0 Å². The molecule has 4 heteroatoms. The van der Waals surface area contributed by atoms with Crippen molar-refractivity contribution in [3.63, 3.8) is 0 Å². The summed E-state index contributed by atoms with van der Waals surface area (Å²) < 4.78 is 0. The molecule has 0 spiro atoms. The molecule has 4 nitrogen and oxygen atoms in total. The summed E-state index contributed by atoms with van der Waals surface area (Å²) in [4.78, 5) is 10.3. The highest BCUT2D eigenvalue weighted by Crippen LogP contribution is 1.94. The van der Waals surface area contributed by atoms with Crippen LogP contribution in [0.1, 0.15) is 12.8 Å². The minimum absolute atomic E-state index is 0.441. The predicted molar refractivity (Wildman–Crippen MR) is 38.8 cm³/mol. The number of hydrogen-bond acceptors (Lipinski definition) is 3. The van der Waals surface area contributed by atoms with Crippen molar-refractivity contribution in [2.24, 2.45) is 5.73 Å². The first-order chi connectivity index (χ1) is 4.72. The standard InChI is InChI=1S/C6H14N2O2/c1-8-5(6(9)10)3-2-4-7/h5,8H,2-4,7H2,1H3,(H,9,10)/t5-/m0/s1. The molecule has 0 aromatic heterocycles. The van der Waals surface area contributed by atoms with Gasteiger partial charge in [0.1, 0.15) is 6.04 Å². The Labute approximate surface area is 60.4 Å². The van der Waals surface area contributed by atoms with E-state index < -0.39 is 12.0 Å². The summed E-state index contributed by atoms with van der Waals surface area (Å²) in [5.74, 6) is -0.809. The number of aliphatic carboxylic acids is 1. The zero-order valence-corrected chi connectivity index (χ0v) is 6.13. The number of carboxylic acid groups (broad SMARTS) is 1. The molecule has 10 heavy (non-hydrogen) atoms. The number of hydrogen-bond donors (Lipinski definition) is 3. The summed E-state index contributed by atoms with van der Waals surface area (Å²) in [5.41, 5.74) is 5.21. The van der Waals surface area contributed by atoms with Gasteiger partial charge >= 0.3 is 5.97 Å². The van der Waals surface area contributed by atoms with Crippen molar-refractivity contribution in [1.82, 2.24) is 5.32 Å². The van der Waals surface area contributed by atoms with Crippen LogP contribution in [0.5, 0.6) is 0 Å². The SMILES string of the molecule is CN[C@@H](CCCN)C(=O)O. The highest BCUT2D eigenvalue weighted by Gasteiger charge is 2.12. The third kappa shape index (κ3) is 3.42. The molecule has 0 fully saturated rings. The van der Waals surface area contributed by atoms with Crippen molar-refractivity contribution < 1.29 is 9.90 Å². The van der Waals surface area contributed by atoms with Crippen LogP contribution in [-0.2, 0) is 4.79 Å². The van der Waals surface area contributed by atoms with Crippen molar-refractivity contribution >= 4 is 5.97 Å². The molecule has 0 rings (SSSR count). The summed E-state index contributed by atoms with van der Waals surface area (Å²) in [6.45, 7) is 0.547. The van der Waals surface area contributed by atoms with Gasteiger partial charge in [-0.1, -0.05) is 0 Å². The van der Waals surface area contributed by atoms with E-state index in [0.29, 0.717) is 13.0 Å². The molecule has 0 aromatic rings. The number of carboxylic acids is 1. The fourth-order valence-corrected chi connectivity index (χ4v) is 0.713. The Bertz CT molecular complexity index is 106. The van der Waals surface area contributed by atoms with Crippen molar-refractivity contribution in [2.45, 2.75) is 18.9 Å². The van der Waals surface area contributed by atoms with Gasteiger partial charge in [-0.15, -0.1) is 0 Å². The molecule has 0 amide bonds. The molecule has 0 aliphatic rings. The second-order valence-electron chi connectivity index (χ2n) is 2.11. The molecule has 0 saturated carbocycles. The molecule has 0 aliphatic carbocycles. The van der Waals surface area contributed by atoms with Gasteiger partial charge in [0.25, 0.3) is 0 Å². The van der Waals surface area contributed by atoms with Crippen LogP contribution in [0.2, 0.25) is 0 Å². The Hall–Kier alpha value is -0.610. The summed E-state index contributed by atoms with van der Waals surface area (Å²) in [6, 6.07) is -0.441. The molecular formula is C6H14N2O2. The largest absolute Gasteiger partial charge is 0.480 e. The van der Waals surface area contributed by atoms with E-state index in [1.807, 2.05) is 0 Å². The van der Waals surface area contributed by atoms with Crippen LogP contribution in [0.25, 0.3) is 0 Å². The molecule has 0 saturated heterocycles. The Morgan fingerprint density at radius 2 is 2.40 bits per heavy atom. The molecule has 0 unspecified atom stereocenters. The number of nitrogens with two attached hydrogens (primary N) is 1. The molecule has 0 aromatic carbocycles. The molecule has 0 bridgehead atoms. The summed E-state index contributed by atoms with van der Waals surface area (Å²) in [6.07, 6.45) is 1.35. The Balaban J connectivity index is 3.50. The van der Waals surface area contributed by atoms with E-state index >= 15 is 0 Å². The van der Waals surface area contributed by atoms with Crippen LogP contribution >= 0.6 is 0 Å². The lowest BCUT2D eigenvalue weighted by Gasteiger charge is -2.08. The zero-order chi connectivity index (χ0) is 7.98. The van der Waals surface area contributed by atoms with Gasteiger partial charge in [0, 0.05) is 0 Å². The average Bonchev–Trinajstić information content (AvgIpc) is 1.89. The van der Waals surface area contributed by atoms with E-state index in [0.717, 1.165) is 6.42 Å². The summed E-state index contributed by atoms with van der Waals surface area (Å²) in [5, 5.41) is 11.2. The van der Waals surface area contributed by atoms with Crippen LogP contribution in [0.4, 0.5) is 0 Å². The molecular weight excluding hydrogens is 132 g/mol. The Kier molecular flexibility index (Phi) is 4.88. The zero-order valence-electron chi connectivity index (χ0n) is 6.13. The van der Waals surface area contributed by atoms with E-state index in [1.54, 1.807) is 7.05 Å². The second-order valence-corrected chi connectivity index (χ2v) is 2.11. The Morgan fingerprint density at radius 3 is 2.70 bits per heavy atom. The fraction of sp³-hybridized carbons (Fsp3) is 0.833. The monoisotopic (exact) mass is 146 g/mol. The van der Waals surface area contributed by atoms with Gasteiger partial charge in [-0.3, -0.25) is 4.79 Å².